The number of fused-ring (bicyclic) bond motifs is 2. The number of ether oxygens (including phenoxy) is 1. The smallest absolute Gasteiger partial charge is 0.137 e. The van der Waals surface area contributed by atoms with Gasteiger partial charge < -0.3 is 10.1 Å². The number of hydrogen-bond donors (Lipinski definition) is 1. The van der Waals surface area contributed by atoms with E-state index in [1.165, 1.54) is 32.7 Å². The lowest BCUT2D eigenvalue weighted by atomic mass is 9.96. The summed E-state index contributed by atoms with van der Waals surface area (Å²) in [5.41, 5.74) is 6.19. The third-order valence-electron chi connectivity index (χ3n) is 4.51. The topological polar surface area (TPSA) is 21.3 Å². The van der Waals surface area contributed by atoms with Crippen LogP contribution in [0.3, 0.4) is 0 Å². The molecule has 1 heterocycles. The Balaban J connectivity index is 2.24. The summed E-state index contributed by atoms with van der Waals surface area (Å²) in [4.78, 5) is 0. The molecule has 0 unspecified atom stereocenters. The normalized spacial score (nSPS) is 13.4. The van der Waals surface area contributed by atoms with E-state index in [-0.39, 0.29) is 0 Å². The molecular weight excluding hydrogens is 282 g/mol. The fourth-order valence-electron chi connectivity index (χ4n) is 3.23. The summed E-state index contributed by atoms with van der Waals surface area (Å²) in [6.07, 6.45) is 3.28. The Hall–Kier alpha value is -2.22. The maximum absolute atomic E-state index is 6.25. The molecule has 0 saturated carbocycles. The van der Waals surface area contributed by atoms with Crippen LogP contribution in [0.15, 0.2) is 24.3 Å². The molecule has 0 aromatic heterocycles. The van der Waals surface area contributed by atoms with Gasteiger partial charge in [0.05, 0.1) is 0 Å². The zero-order valence-electron chi connectivity index (χ0n) is 14.7. The molecule has 0 bridgehead atoms. The van der Waals surface area contributed by atoms with Gasteiger partial charge >= 0.3 is 0 Å². The van der Waals surface area contributed by atoms with E-state index in [2.05, 4.69) is 70.3 Å². The first kappa shape index (κ1) is 15.7. The monoisotopic (exact) mass is 307 g/mol. The minimum atomic E-state index is 0.910. The van der Waals surface area contributed by atoms with Crippen molar-refractivity contribution in [3.8, 4) is 11.5 Å². The number of nitrogens with one attached hydrogen (secondary N) is 1. The molecule has 0 fully saturated rings. The van der Waals surface area contributed by atoms with Gasteiger partial charge in [-0.05, 0) is 74.2 Å². The maximum atomic E-state index is 6.25. The van der Waals surface area contributed by atoms with Crippen molar-refractivity contribution in [2.45, 2.75) is 41.0 Å². The van der Waals surface area contributed by atoms with Crippen LogP contribution in [0.25, 0.3) is 11.6 Å². The third-order valence-corrected chi connectivity index (χ3v) is 4.51. The molecule has 1 aliphatic rings. The van der Waals surface area contributed by atoms with Gasteiger partial charge in [0.2, 0.25) is 0 Å². The van der Waals surface area contributed by atoms with Crippen LogP contribution in [0.4, 0.5) is 5.69 Å². The molecule has 23 heavy (non-hydrogen) atoms. The van der Waals surface area contributed by atoms with Gasteiger partial charge in [-0.15, -0.1) is 0 Å². The van der Waals surface area contributed by atoms with Crippen molar-refractivity contribution in [1.29, 1.82) is 0 Å². The highest BCUT2D eigenvalue weighted by molar-refractivity contribution is 5.76. The molecule has 0 amide bonds. The molecule has 2 aromatic carbocycles. The van der Waals surface area contributed by atoms with E-state index in [0.717, 1.165) is 30.2 Å². The second-order valence-electron chi connectivity index (χ2n) is 6.24. The minimum absolute atomic E-state index is 0.910. The predicted molar refractivity (Wildman–Crippen MR) is 98.8 cm³/mol. The van der Waals surface area contributed by atoms with Crippen molar-refractivity contribution in [3.05, 3.63) is 51.4 Å². The zero-order valence-corrected chi connectivity index (χ0v) is 14.7. The first-order chi connectivity index (χ1) is 11.0. The summed E-state index contributed by atoms with van der Waals surface area (Å²) >= 11 is 0. The van der Waals surface area contributed by atoms with E-state index in [0.29, 0.717) is 0 Å². The molecule has 0 aliphatic carbocycles. The van der Waals surface area contributed by atoms with Crippen molar-refractivity contribution >= 4 is 17.3 Å². The van der Waals surface area contributed by atoms with Gasteiger partial charge in [0.1, 0.15) is 11.5 Å². The van der Waals surface area contributed by atoms with Gasteiger partial charge in [-0.1, -0.05) is 13.0 Å². The summed E-state index contributed by atoms with van der Waals surface area (Å²) < 4.78 is 6.25. The fourth-order valence-corrected chi connectivity index (χ4v) is 3.23. The molecule has 2 aromatic rings. The number of hydrogen-bond acceptors (Lipinski definition) is 2. The van der Waals surface area contributed by atoms with E-state index < -0.39 is 0 Å². The van der Waals surface area contributed by atoms with Gasteiger partial charge in [-0.2, -0.15) is 0 Å². The van der Waals surface area contributed by atoms with Crippen LogP contribution in [0, 0.1) is 13.8 Å². The molecule has 1 N–H and O–H groups in total. The average Bonchev–Trinajstić information content (AvgIpc) is 2.52. The highest BCUT2D eigenvalue weighted by Gasteiger charge is 2.18. The van der Waals surface area contributed by atoms with E-state index in [9.17, 15) is 0 Å². The number of anilines is 1. The lowest BCUT2D eigenvalue weighted by Crippen LogP contribution is -2.20. The van der Waals surface area contributed by atoms with Gasteiger partial charge in [-0.3, -0.25) is 0 Å². The summed E-state index contributed by atoms with van der Waals surface area (Å²) in [5.74, 6) is 1.91. The van der Waals surface area contributed by atoms with Gasteiger partial charge in [0, 0.05) is 29.1 Å². The average molecular weight is 307 g/mol. The van der Waals surface area contributed by atoms with Crippen LogP contribution < -0.4 is 20.5 Å². The van der Waals surface area contributed by atoms with Crippen molar-refractivity contribution in [2.24, 2.45) is 0 Å². The van der Waals surface area contributed by atoms with Crippen molar-refractivity contribution in [2.75, 3.05) is 11.9 Å². The second kappa shape index (κ2) is 6.11. The van der Waals surface area contributed by atoms with Crippen LogP contribution in [0.1, 0.15) is 43.9 Å². The van der Waals surface area contributed by atoms with Crippen LogP contribution in [0.2, 0.25) is 0 Å². The maximum Gasteiger partial charge on any atom is 0.137 e. The molecular formula is C21H25NO. The third kappa shape index (κ3) is 2.74. The predicted octanol–water partition coefficient (Wildman–Crippen LogP) is 4.25. The Labute approximate surface area is 138 Å². The van der Waals surface area contributed by atoms with E-state index in [1.54, 1.807) is 0 Å². The van der Waals surface area contributed by atoms with E-state index >= 15 is 0 Å². The summed E-state index contributed by atoms with van der Waals surface area (Å²) in [6, 6.07) is 8.78. The van der Waals surface area contributed by atoms with Crippen LogP contribution in [0.5, 0.6) is 11.5 Å². The van der Waals surface area contributed by atoms with Gasteiger partial charge in [0.15, 0.2) is 0 Å². The van der Waals surface area contributed by atoms with Crippen molar-refractivity contribution in [3.63, 3.8) is 0 Å². The zero-order chi connectivity index (χ0) is 16.6. The van der Waals surface area contributed by atoms with Crippen LogP contribution in [-0.2, 0) is 0 Å². The Morgan fingerprint density at radius 1 is 0.957 bits per heavy atom. The number of rotatable bonds is 3. The number of benzene rings is 2. The molecule has 0 radical (unpaired) electrons. The first-order valence-corrected chi connectivity index (χ1v) is 8.43. The highest BCUT2D eigenvalue weighted by atomic mass is 16.5. The Kier molecular flexibility index (Phi) is 4.16. The van der Waals surface area contributed by atoms with E-state index in [4.69, 9.17) is 4.74 Å². The molecule has 3 rings (SSSR count). The molecule has 0 atom stereocenters. The summed E-state index contributed by atoms with van der Waals surface area (Å²) in [5, 5.41) is 5.88. The molecule has 2 heteroatoms. The molecule has 2 nitrogen and oxygen atoms in total. The van der Waals surface area contributed by atoms with Crippen LogP contribution >= 0.6 is 0 Å². The second-order valence-corrected chi connectivity index (χ2v) is 6.24. The standard InChI is InChI=1S/C21H25NO/c1-6-8-16-11-20-17(9-13(16)3)15(5)18-10-14(4)19(22-7-2)12-21(18)23-20/h8-12,22H,6-7H2,1-5H3/b16-8+. The lowest BCUT2D eigenvalue weighted by molar-refractivity contribution is 0.471. The van der Waals surface area contributed by atoms with E-state index in [1.807, 2.05) is 0 Å². The number of aryl methyl sites for hydroxylation is 2. The largest absolute Gasteiger partial charge is 0.456 e. The van der Waals surface area contributed by atoms with Crippen LogP contribution in [-0.4, -0.2) is 6.54 Å². The minimum Gasteiger partial charge on any atom is -0.456 e. The molecule has 0 spiro atoms. The molecule has 1 aliphatic heterocycles. The molecule has 120 valence electrons. The SMILES string of the molecule is CC/C=c1\cc2c(cc1C)=C(C)c1cc(C)c(NCC)cc1O2. The van der Waals surface area contributed by atoms with Crippen molar-refractivity contribution < 1.29 is 4.74 Å². The quantitative estimate of drug-likeness (QED) is 0.915. The lowest BCUT2D eigenvalue weighted by Gasteiger charge is -2.21. The van der Waals surface area contributed by atoms with Gasteiger partial charge in [-0.25, -0.2) is 0 Å². The summed E-state index contributed by atoms with van der Waals surface area (Å²) in [7, 11) is 0. The Morgan fingerprint density at radius 3 is 2.43 bits per heavy atom. The fraction of sp³-hybridized carbons (Fsp3) is 0.333. The molecule has 0 saturated heterocycles. The Morgan fingerprint density at radius 2 is 1.74 bits per heavy atom. The summed E-state index contributed by atoms with van der Waals surface area (Å²) in [6.45, 7) is 11.7. The highest BCUT2D eigenvalue weighted by Crippen LogP contribution is 2.36. The van der Waals surface area contributed by atoms with Crippen molar-refractivity contribution in [1.82, 2.24) is 0 Å². The Bertz CT molecular complexity index is 878. The van der Waals surface area contributed by atoms with Gasteiger partial charge in [0.25, 0.3) is 0 Å². The first-order valence-electron chi connectivity index (χ1n) is 8.43.